The van der Waals surface area contributed by atoms with Crippen molar-refractivity contribution in [2.75, 3.05) is 13.7 Å². The lowest BCUT2D eigenvalue weighted by Gasteiger charge is -2.21. The van der Waals surface area contributed by atoms with Crippen LogP contribution in [0.25, 0.3) is 0 Å². The third-order valence-corrected chi connectivity index (χ3v) is 2.34. The summed E-state index contributed by atoms with van der Waals surface area (Å²) in [6, 6.07) is 0.112. The maximum Gasteiger partial charge on any atom is 0.315 e. The summed E-state index contributed by atoms with van der Waals surface area (Å²) >= 11 is 0. The molecule has 0 unspecified atom stereocenters. The van der Waals surface area contributed by atoms with Gasteiger partial charge in [-0.2, -0.15) is 0 Å². The fourth-order valence-electron chi connectivity index (χ4n) is 1.11. The summed E-state index contributed by atoms with van der Waals surface area (Å²) in [5, 5.41) is 5.44. The Kier molecular flexibility index (Phi) is 3.55. The van der Waals surface area contributed by atoms with E-state index < -0.39 is 5.41 Å². The number of hydrogen-bond acceptors (Lipinski definition) is 3. The van der Waals surface area contributed by atoms with Crippen LogP contribution in [0.1, 0.15) is 26.7 Å². The zero-order valence-electron chi connectivity index (χ0n) is 9.42. The van der Waals surface area contributed by atoms with Gasteiger partial charge < -0.3 is 15.4 Å². The van der Waals surface area contributed by atoms with Crippen molar-refractivity contribution in [3.05, 3.63) is 0 Å². The maximum absolute atomic E-state index is 11.3. The molecule has 1 aliphatic rings. The molecule has 5 heteroatoms. The summed E-state index contributed by atoms with van der Waals surface area (Å²) in [5.41, 5.74) is -0.685. The Morgan fingerprint density at radius 1 is 1.40 bits per heavy atom. The normalized spacial score (nSPS) is 15.7. The lowest BCUT2D eigenvalue weighted by atomic mass is 9.94. The van der Waals surface area contributed by atoms with Gasteiger partial charge in [-0.3, -0.25) is 4.79 Å². The van der Waals surface area contributed by atoms with Gasteiger partial charge in [-0.25, -0.2) is 4.79 Å². The first-order valence-electron chi connectivity index (χ1n) is 5.08. The van der Waals surface area contributed by atoms with Crippen LogP contribution in [0.4, 0.5) is 4.79 Å². The van der Waals surface area contributed by atoms with Crippen molar-refractivity contribution >= 4 is 12.0 Å². The van der Waals surface area contributed by atoms with Crippen LogP contribution in [0.5, 0.6) is 0 Å². The van der Waals surface area contributed by atoms with E-state index in [0.29, 0.717) is 6.04 Å². The largest absolute Gasteiger partial charge is 0.469 e. The predicted octanol–water partition coefficient (Wildman–Crippen LogP) is 0.647. The van der Waals surface area contributed by atoms with E-state index >= 15 is 0 Å². The van der Waals surface area contributed by atoms with Crippen molar-refractivity contribution in [1.82, 2.24) is 10.6 Å². The third kappa shape index (κ3) is 3.77. The zero-order valence-corrected chi connectivity index (χ0v) is 9.42. The molecule has 5 nitrogen and oxygen atoms in total. The highest BCUT2D eigenvalue weighted by Crippen LogP contribution is 2.18. The lowest BCUT2D eigenvalue weighted by molar-refractivity contribution is -0.150. The molecule has 0 radical (unpaired) electrons. The Labute approximate surface area is 89.6 Å². The molecular weight excluding hydrogens is 196 g/mol. The number of hydrogen-bond donors (Lipinski definition) is 2. The van der Waals surface area contributed by atoms with E-state index in [1.807, 2.05) is 0 Å². The van der Waals surface area contributed by atoms with Gasteiger partial charge in [0.2, 0.25) is 0 Å². The minimum absolute atomic E-state index is 0.213. The fourth-order valence-corrected chi connectivity index (χ4v) is 1.11. The fraction of sp³-hybridized carbons (Fsp3) is 0.800. The van der Waals surface area contributed by atoms with Crippen LogP contribution in [0, 0.1) is 5.41 Å². The van der Waals surface area contributed by atoms with E-state index in [1.165, 1.54) is 7.11 Å². The minimum Gasteiger partial charge on any atom is -0.469 e. The van der Waals surface area contributed by atoms with E-state index in [-0.39, 0.29) is 18.5 Å². The van der Waals surface area contributed by atoms with Crippen LogP contribution >= 0.6 is 0 Å². The van der Waals surface area contributed by atoms with Gasteiger partial charge in [0.1, 0.15) is 0 Å². The molecule has 15 heavy (non-hydrogen) atoms. The molecule has 0 aromatic carbocycles. The van der Waals surface area contributed by atoms with E-state index in [0.717, 1.165) is 12.8 Å². The predicted molar refractivity (Wildman–Crippen MR) is 55.4 cm³/mol. The standard InChI is InChI=1S/C10H18N2O3/c1-10(2,8(13)15-3)6-11-9(14)12-7-4-5-7/h7H,4-6H2,1-3H3,(H2,11,12,14). The van der Waals surface area contributed by atoms with Gasteiger partial charge in [0.15, 0.2) is 0 Å². The topological polar surface area (TPSA) is 67.4 Å². The molecule has 2 N–H and O–H groups in total. The Bertz CT molecular complexity index is 259. The molecule has 0 aliphatic heterocycles. The number of amides is 2. The Morgan fingerprint density at radius 3 is 2.47 bits per heavy atom. The molecule has 2 amide bonds. The molecule has 0 aromatic heterocycles. The SMILES string of the molecule is COC(=O)C(C)(C)CNC(=O)NC1CC1. The minimum atomic E-state index is -0.685. The van der Waals surface area contributed by atoms with Crippen molar-refractivity contribution in [1.29, 1.82) is 0 Å². The number of carbonyl (C=O) groups excluding carboxylic acids is 2. The van der Waals surface area contributed by atoms with E-state index in [4.69, 9.17) is 0 Å². The van der Waals surface area contributed by atoms with Gasteiger partial charge in [-0.1, -0.05) is 0 Å². The average molecular weight is 214 g/mol. The first kappa shape index (κ1) is 11.8. The highest BCUT2D eigenvalue weighted by atomic mass is 16.5. The van der Waals surface area contributed by atoms with Gasteiger partial charge in [-0.05, 0) is 26.7 Å². The second-order valence-corrected chi connectivity index (χ2v) is 4.48. The molecule has 0 bridgehead atoms. The Hall–Kier alpha value is -1.26. The number of carbonyl (C=O) groups is 2. The molecule has 1 saturated carbocycles. The number of rotatable bonds is 4. The molecule has 0 aromatic rings. The number of ether oxygens (including phenoxy) is 1. The maximum atomic E-state index is 11.3. The summed E-state index contributed by atoms with van der Waals surface area (Å²) in [5.74, 6) is -0.325. The van der Waals surface area contributed by atoms with Gasteiger partial charge in [0.05, 0.1) is 12.5 Å². The molecule has 0 atom stereocenters. The number of nitrogens with one attached hydrogen (secondary N) is 2. The average Bonchev–Trinajstić information content (AvgIpc) is 2.97. The van der Waals surface area contributed by atoms with E-state index in [2.05, 4.69) is 15.4 Å². The van der Waals surface area contributed by atoms with Gasteiger partial charge in [0, 0.05) is 12.6 Å². The van der Waals surface area contributed by atoms with Crippen LogP contribution < -0.4 is 10.6 Å². The lowest BCUT2D eigenvalue weighted by Crippen LogP contribution is -2.44. The summed E-state index contributed by atoms with van der Waals surface area (Å²) in [7, 11) is 1.34. The van der Waals surface area contributed by atoms with E-state index in [1.54, 1.807) is 13.8 Å². The van der Waals surface area contributed by atoms with E-state index in [9.17, 15) is 9.59 Å². The highest BCUT2D eigenvalue weighted by molar-refractivity contribution is 5.78. The van der Waals surface area contributed by atoms with Crippen LogP contribution in [0.15, 0.2) is 0 Å². The van der Waals surface area contributed by atoms with Crippen molar-refractivity contribution in [2.24, 2.45) is 5.41 Å². The molecule has 0 spiro atoms. The second kappa shape index (κ2) is 4.51. The number of esters is 1. The van der Waals surface area contributed by atoms with Crippen molar-refractivity contribution in [2.45, 2.75) is 32.7 Å². The Morgan fingerprint density at radius 2 is 2.00 bits per heavy atom. The highest BCUT2D eigenvalue weighted by Gasteiger charge is 2.30. The summed E-state index contributed by atoms with van der Waals surface area (Å²) in [4.78, 5) is 22.6. The first-order chi connectivity index (χ1) is 6.95. The molecular formula is C10H18N2O3. The molecule has 86 valence electrons. The van der Waals surface area contributed by atoms with Crippen LogP contribution in [-0.4, -0.2) is 31.7 Å². The molecule has 1 rings (SSSR count). The van der Waals surface area contributed by atoms with Crippen molar-refractivity contribution < 1.29 is 14.3 Å². The van der Waals surface area contributed by atoms with Gasteiger partial charge >= 0.3 is 12.0 Å². The molecule has 0 heterocycles. The number of methoxy groups -OCH3 is 1. The van der Waals surface area contributed by atoms with Crippen molar-refractivity contribution in [3.8, 4) is 0 Å². The summed E-state index contributed by atoms with van der Waals surface area (Å²) in [6.45, 7) is 3.74. The van der Waals surface area contributed by atoms with Crippen molar-refractivity contribution in [3.63, 3.8) is 0 Å². The van der Waals surface area contributed by atoms with Crippen LogP contribution in [-0.2, 0) is 9.53 Å². The van der Waals surface area contributed by atoms with Crippen LogP contribution in [0.2, 0.25) is 0 Å². The summed E-state index contributed by atoms with van der Waals surface area (Å²) in [6.07, 6.45) is 2.10. The Balaban J connectivity index is 2.27. The summed E-state index contributed by atoms with van der Waals surface area (Å²) < 4.78 is 4.63. The zero-order chi connectivity index (χ0) is 11.5. The molecule has 0 saturated heterocycles. The van der Waals surface area contributed by atoms with Gasteiger partial charge in [0.25, 0.3) is 0 Å². The second-order valence-electron chi connectivity index (χ2n) is 4.48. The van der Waals surface area contributed by atoms with Gasteiger partial charge in [-0.15, -0.1) is 0 Å². The first-order valence-corrected chi connectivity index (χ1v) is 5.08. The quantitative estimate of drug-likeness (QED) is 0.675. The molecule has 1 aliphatic carbocycles. The van der Waals surface area contributed by atoms with Crippen LogP contribution in [0.3, 0.4) is 0 Å². The number of urea groups is 1. The monoisotopic (exact) mass is 214 g/mol. The smallest absolute Gasteiger partial charge is 0.315 e. The molecule has 1 fully saturated rings. The third-order valence-electron chi connectivity index (χ3n) is 2.34.